The van der Waals surface area contributed by atoms with Crippen molar-refractivity contribution in [2.75, 3.05) is 0 Å². The molecule has 3 rings (SSSR count). The minimum absolute atomic E-state index is 0.150. The number of halogens is 1. The maximum atomic E-state index is 12.9. The third-order valence-electron chi connectivity index (χ3n) is 3.38. The molecule has 0 spiro atoms. The Hall–Kier alpha value is -3.15. The predicted octanol–water partition coefficient (Wildman–Crippen LogP) is 3.88. The van der Waals surface area contributed by atoms with Gasteiger partial charge in [0.05, 0.1) is 6.20 Å². The zero-order chi connectivity index (χ0) is 16.9. The fraction of sp³-hybridized carbons (Fsp3) is 0.111. The van der Waals surface area contributed by atoms with Crippen molar-refractivity contribution in [2.45, 2.75) is 13.0 Å². The van der Waals surface area contributed by atoms with Crippen molar-refractivity contribution in [3.05, 3.63) is 78.1 Å². The van der Waals surface area contributed by atoms with Crippen molar-refractivity contribution in [3.8, 4) is 11.3 Å². The molecule has 0 bridgehead atoms. The molecule has 0 fully saturated rings. The Kier molecular flexibility index (Phi) is 4.56. The Morgan fingerprint density at radius 1 is 1.17 bits per heavy atom. The lowest BCUT2D eigenvalue weighted by atomic mass is 10.2. The number of oxime groups is 1. The van der Waals surface area contributed by atoms with Gasteiger partial charge in [0.2, 0.25) is 5.89 Å². The maximum Gasteiger partial charge on any atom is 0.238 e. The molecule has 0 aliphatic carbocycles. The van der Waals surface area contributed by atoms with Crippen molar-refractivity contribution in [3.63, 3.8) is 0 Å². The molecular formula is C18H16FN3O2. The number of hydrogen-bond acceptors (Lipinski definition) is 4. The summed E-state index contributed by atoms with van der Waals surface area (Å²) in [7, 11) is 0. The highest BCUT2D eigenvalue weighted by Gasteiger charge is 2.15. The van der Waals surface area contributed by atoms with E-state index in [1.54, 1.807) is 13.1 Å². The molecule has 2 aromatic carbocycles. The predicted molar refractivity (Wildman–Crippen MR) is 88.6 cm³/mol. The van der Waals surface area contributed by atoms with Crippen molar-refractivity contribution >= 4 is 5.84 Å². The Balaban J connectivity index is 1.69. The second kappa shape index (κ2) is 6.95. The van der Waals surface area contributed by atoms with Crippen LogP contribution < -0.4 is 5.73 Å². The van der Waals surface area contributed by atoms with Crippen molar-refractivity contribution in [2.24, 2.45) is 10.9 Å². The standard InChI is InChI=1S/C18H16FN3O2/c1-12(24-22-17(20)14-7-9-15(19)10-8-14)18-21-11-16(23-18)13-5-3-2-4-6-13/h2-12H,1H3,(H2,20,22). The summed E-state index contributed by atoms with van der Waals surface area (Å²) >= 11 is 0. The molecule has 1 heterocycles. The van der Waals surface area contributed by atoms with Gasteiger partial charge in [-0.05, 0) is 31.2 Å². The van der Waals surface area contributed by atoms with Crippen LogP contribution in [0.2, 0.25) is 0 Å². The van der Waals surface area contributed by atoms with Gasteiger partial charge in [-0.1, -0.05) is 35.5 Å². The summed E-state index contributed by atoms with van der Waals surface area (Å²) in [6, 6.07) is 15.3. The van der Waals surface area contributed by atoms with Crippen LogP contribution in [0, 0.1) is 5.82 Å². The van der Waals surface area contributed by atoms with Gasteiger partial charge in [-0.3, -0.25) is 0 Å². The Labute approximate surface area is 138 Å². The van der Waals surface area contributed by atoms with Crippen LogP contribution in [0.1, 0.15) is 24.5 Å². The zero-order valence-electron chi connectivity index (χ0n) is 13.0. The van der Waals surface area contributed by atoms with E-state index in [-0.39, 0.29) is 11.7 Å². The molecule has 1 unspecified atom stereocenters. The van der Waals surface area contributed by atoms with Gasteiger partial charge in [-0.2, -0.15) is 0 Å². The average Bonchev–Trinajstić information content (AvgIpc) is 3.11. The molecule has 0 aliphatic rings. The van der Waals surface area contributed by atoms with Crippen LogP contribution in [0.15, 0.2) is 70.4 Å². The number of aromatic nitrogens is 1. The number of amidine groups is 1. The molecule has 122 valence electrons. The second-order valence-electron chi connectivity index (χ2n) is 5.16. The van der Waals surface area contributed by atoms with Gasteiger partial charge in [-0.25, -0.2) is 9.37 Å². The quantitative estimate of drug-likeness (QED) is 0.439. The molecule has 1 atom stereocenters. The summed E-state index contributed by atoms with van der Waals surface area (Å²) < 4.78 is 18.6. The Bertz CT molecular complexity index is 829. The molecule has 24 heavy (non-hydrogen) atoms. The highest BCUT2D eigenvalue weighted by molar-refractivity contribution is 5.96. The largest absolute Gasteiger partial charge is 0.437 e. The number of nitrogens with two attached hydrogens (primary N) is 1. The summed E-state index contributed by atoms with van der Waals surface area (Å²) in [5, 5.41) is 3.85. The van der Waals surface area contributed by atoms with E-state index in [1.165, 1.54) is 24.3 Å². The molecular weight excluding hydrogens is 309 g/mol. The molecule has 2 N–H and O–H groups in total. The monoisotopic (exact) mass is 325 g/mol. The lowest BCUT2D eigenvalue weighted by molar-refractivity contribution is 0.0528. The number of benzene rings is 2. The van der Waals surface area contributed by atoms with Crippen molar-refractivity contribution in [1.29, 1.82) is 0 Å². The van der Waals surface area contributed by atoms with E-state index in [0.717, 1.165) is 5.56 Å². The van der Waals surface area contributed by atoms with E-state index < -0.39 is 6.10 Å². The summed E-state index contributed by atoms with van der Waals surface area (Å²) in [6.07, 6.45) is 1.12. The molecule has 0 saturated heterocycles. The van der Waals surface area contributed by atoms with Gasteiger partial charge in [0, 0.05) is 11.1 Å². The summed E-state index contributed by atoms with van der Waals surface area (Å²) in [6.45, 7) is 1.75. The van der Waals surface area contributed by atoms with Crippen LogP contribution in [-0.2, 0) is 4.84 Å². The fourth-order valence-corrected chi connectivity index (χ4v) is 2.07. The van der Waals surface area contributed by atoms with E-state index in [2.05, 4.69) is 10.1 Å². The SMILES string of the molecule is CC(ON=C(N)c1ccc(F)cc1)c1ncc(-c2ccccc2)o1. The minimum atomic E-state index is -0.513. The Morgan fingerprint density at radius 2 is 1.88 bits per heavy atom. The average molecular weight is 325 g/mol. The van der Waals surface area contributed by atoms with E-state index in [4.69, 9.17) is 15.0 Å². The van der Waals surface area contributed by atoms with Gasteiger partial charge >= 0.3 is 0 Å². The van der Waals surface area contributed by atoms with Crippen LogP contribution in [0.4, 0.5) is 4.39 Å². The first-order chi connectivity index (χ1) is 11.6. The topological polar surface area (TPSA) is 73.6 Å². The molecule has 3 aromatic rings. The van der Waals surface area contributed by atoms with Gasteiger partial charge in [-0.15, -0.1) is 0 Å². The van der Waals surface area contributed by atoms with Crippen LogP contribution in [0.25, 0.3) is 11.3 Å². The molecule has 0 saturated carbocycles. The molecule has 5 nitrogen and oxygen atoms in total. The van der Waals surface area contributed by atoms with E-state index in [9.17, 15) is 4.39 Å². The van der Waals surface area contributed by atoms with Gasteiger partial charge in [0.1, 0.15) is 5.82 Å². The first kappa shape index (κ1) is 15.7. The zero-order valence-corrected chi connectivity index (χ0v) is 13.0. The van der Waals surface area contributed by atoms with Gasteiger partial charge in [0.25, 0.3) is 0 Å². The lowest BCUT2D eigenvalue weighted by Gasteiger charge is -2.07. The minimum Gasteiger partial charge on any atom is -0.437 e. The third-order valence-corrected chi connectivity index (χ3v) is 3.38. The molecule has 6 heteroatoms. The van der Waals surface area contributed by atoms with Crippen LogP contribution >= 0.6 is 0 Å². The van der Waals surface area contributed by atoms with Crippen LogP contribution in [-0.4, -0.2) is 10.8 Å². The molecule has 0 aliphatic heterocycles. The van der Waals surface area contributed by atoms with E-state index >= 15 is 0 Å². The summed E-state index contributed by atoms with van der Waals surface area (Å²) in [5.74, 6) is 0.854. The van der Waals surface area contributed by atoms with Gasteiger partial charge < -0.3 is 15.0 Å². The molecule has 0 amide bonds. The lowest BCUT2D eigenvalue weighted by Crippen LogP contribution is -2.14. The first-order valence-corrected chi connectivity index (χ1v) is 7.40. The molecule has 0 radical (unpaired) electrons. The second-order valence-corrected chi connectivity index (χ2v) is 5.16. The van der Waals surface area contributed by atoms with Crippen LogP contribution in [0.3, 0.4) is 0 Å². The maximum absolute atomic E-state index is 12.9. The summed E-state index contributed by atoms with van der Waals surface area (Å²) in [4.78, 5) is 9.54. The highest BCUT2D eigenvalue weighted by atomic mass is 19.1. The highest BCUT2D eigenvalue weighted by Crippen LogP contribution is 2.24. The van der Waals surface area contributed by atoms with Crippen molar-refractivity contribution in [1.82, 2.24) is 4.98 Å². The number of nitrogens with zero attached hydrogens (tertiary/aromatic N) is 2. The third kappa shape index (κ3) is 3.60. The summed E-state index contributed by atoms with van der Waals surface area (Å²) in [5.41, 5.74) is 7.32. The van der Waals surface area contributed by atoms with Crippen LogP contribution in [0.5, 0.6) is 0 Å². The smallest absolute Gasteiger partial charge is 0.238 e. The number of rotatable bonds is 5. The first-order valence-electron chi connectivity index (χ1n) is 7.40. The fourth-order valence-electron chi connectivity index (χ4n) is 2.07. The van der Waals surface area contributed by atoms with Crippen molar-refractivity contribution < 1.29 is 13.6 Å². The van der Waals surface area contributed by atoms with E-state index in [0.29, 0.717) is 17.2 Å². The normalized spacial score (nSPS) is 12.8. The number of oxazole rings is 1. The number of hydrogen-bond donors (Lipinski definition) is 1. The molecule has 1 aromatic heterocycles. The Morgan fingerprint density at radius 3 is 2.58 bits per heavy atom. The van der Waals surface area contributed by atoms with E-state index in [1.807, 2.05) is 30.3 Å². The van der Waals surface area contributed by atoms with Gasteiger partial charge in [0.15, 0.2) is 17.7 Å².